The Bertz CT molecular complexity index is 354. The standard InChI is InChI=1S/C11H17N3O2/c1-9-8-13-10(16-9)7-11(15)14-5-2-3-12-4-6-14/h8,12H,2-7H2,1H3. The minimum atomic E-state index is 0.102. The highest BCUT2D eigenvalue weighted by molar-refractivity contribution is 5.77. The Kier molecular flexibility index (Phi) is 3.56. The van der Waals surface area contributed by atoms with Crippen LogP contribution in [0.15, 0.2) is 10.6 Å². The molecule has 1 aromatic heterocycles. The molecule has 0 aromatic carbocycles. The summed E-state index contributed by atoms with van der Waals surface area (Å²) in [6, 6.07) is 0. The van der Waals surface area contributed by atoms with Crippen molar-refractivity contribution in [2.24, 2.45) is 0 Å². The lowest BCUT2D eigenvalue weighted by Gasteiger charge is -2.18. The normalized spacial score (nSPS) is 17.2. The van der Waals surface area contributed by atoms with Crippen molar-refractivity contribution in [3.8, 4) is 0 Å². The number of oxazole rings is 1. The fourth-order valence-electron chi connectivity index (χ4n) is 1.82. The van der Waals surface area contributed by atoms with Crippen molar-refractivity contribution >= 4 is 5.91 Å². The molecule has 1 aliphatic rings. The highest BCUT2D eigenvalue weighted by Gasteiger charge is 2.17. The summed E-state index contributed by atoms with van der Waals surface area (Å²) in [6.45, 7) is 5.29. The topological polar surface area (TPSA) is 58.4 Å². The summed E-state index contributed by atoms with van der Waals surface area (Å²) in [5.74, 6) is 1.37. The van der Waals surface area contributed by atoms with E-state index >= 15 is 0 Å². The van der Waals surface area contributed by atoms with E-state index in [4.69, 9.17) is 4.42 Å². The van der Waals surface area contributed by atoms with Crippen molar-refractivity contribution in [1.82, 2.24) is 15.2 Å². The van der Waals surface area contributed by atoms with E-state index in [9.17, 15) is 4.79 Å². The molecule has 88 valence electrons. The van der Waals surface area contributed by atoms with E-state index in [-0.39, 0.29) is 12.3 Å². The molecule has 2 heterocycles. The molecule has 0 atom stereocenters. The Morgan fingerprint density at radius 1 is 1.56 bits per heavy atom. The molecular formula is C11H17N3O2. The van der Waals surface area contributed by atoms with Crippen molar-refractivity contribution in [2.75, 3.05) is 26.2 Å². The Labute approximate surface area is 94.8 Å². The number of nitrogens with zero attached hydrogens (tertiary/aromatic N) is 2. The molecule has 0 radical (unpaired) electrons. The number of nitrogens with one attached hydrogen (secondary N) is 1. The average molecular weight is 223 g/mol. The fraction of sp³-hybridized carbons (Fsp3) is 0.636. The number of amides is 1. The van der Waals surface area contributed by atoms with Gasteiger partial charge < -0.3 is 14.6 Å². The maximum Gasteiger partial charge on any atom is 0.231 e. The van der Waals surface area contributed by atoms with Gasteiger partial charge in [-0.1, -0.05) is 0 Å². The summed E-state index contributed by atoms with van der Waals surface area (Å²) in [6.07, 6.45) is 2.93. The quantitative estimate of drug-likeness (QED) is 0.786. The van der Waals surface area contributed by atoms with Gasteiger partial charge in [0.2, 0.25) is 11.8 Å². The predicted octanol–water partition coefficient (Wildman–Crippen LogP) is 0.347. The first-order chi connectivity index (χ1) is 7.75. The van der Waals surface area contributed by atoms with E-state index in [0.717, 1.165) is 38.4 Å². The first-order valence-corrected chi connectivity index (χ1v) is 5.65. The smallest absolute Gasteiger partial charge is 0.231 e. The molecule has 16 heavy (non-hydrogen) atoms. The molecule has 0 unspecified atom stereocenters. The minimum Gasteiger partial charge on any atom is -0.445 e. The average Bonchev–Trinajstić information content (AvgIpc) is 2.56. The summed E-state index contributed by atoms with van der Waals surface area (Å²) in [5.41, 5.74) is 0. The van der Waals surface area contributed by atoms with Crippen molar-refractivity contribution < 1.29 is 9.21 Å². The highest BCUT2D eigenvalue weighted by atomic mass is 16.4. The van der Waals surface area contributed by atoms with E-state index < -0.39 is 0 Å². The largest absolute Gasteiger partial charge is 0.445 e. The Morgan fingerprint density at radius 2 is 2.44 bits per heavy atom. The van der Waals surface area contributed by atoms with E-state index in [1.807, 2.05) is 11.8 Å². The molecule has 2 rings (SSSR count). The zero-order chi connectivity index (χ0) is 11.4. The predicted molar refractivity (Wildman–Crippen MR) is 59.0 cm³/mol. The first kappa shape index (κ1) is 11.1. The van der Waals surface area contributed by atoms with Gasteiger partial charge in [0.15, 0.2) is 0 Å². The van der Waals surface area contributed by atoms with Crippen molar-refractivity contribution in [1.29, 1.82) is 0 Å². The Hall–Kier alpha value is -1.36. The van der Waals surface area contributed by atoms with E-state index in [1.54, 1.807) is 6.20 Å². The van der Waals surface area contributed by atoms with Crippen LogP contribution in [0.5, 0.6) is 0 Å². The second kappa shape index (κ2) is 5.12. The minimum absolute atomic E-state index is 0.102. The molecule has 1 aromatic rings. The highest BCUT2D eigenvalue weighted by Crippen LogP contribution is 2.05. The van der Waals surface area contributed by atoms with Crippen molar-refractivity contribution in [3.63, 3.8) is 0 Å². The number of hydrogen-bond acceptors (Lipinski definition) is 4. The zero-order valence-corrected chi connectivity index (χ0v) is 9.53. The summed E-state index contributed by atoms with van der Waals surface area (Å²) in [7, 11) is 0. The van der Waals surface area contributed by atoms with Gasteiger partial charge in [0.1, 0.15) is 12.2 Å². The molecule has 0 bridgehead atoms. The van der Waals surface area contributed by atoms with Gasteiger partial charge in [-0.05, 0) is 19.9 Å². The first-order valence-electron chi connectivity index (χ1n) is 5.65. The monoisotopic (exact) mass is 223 g/mol. The van der Waals surface area contributed by atoms with Gasteiger partial charge in [0.25, 0.3) is 0 Å². The van der Waals surface area contributed by atoms with Crippen LogP contribution in [0.1, 0.15) is 18.1 Å². The molecule has 1 amide bonds. The van der Waals surface area contributed by atoms with Gasteiger partial charge in [0, 0.05) is 19.6 Å². The van der Waals surface area contributed by atoms with Gasteiger partial charge in [-0.15, -0.1) is 0 Å². The molecular weight excluding hydrogens is 206 g/mol. The van der Waals surface area contributed by atoms with Gasteiger partial charge >= 0.3 is 0 Å². The molecule has 1 fully saturated rings. The number of aryl methyl sites for hydroxylation is 1. The van der Waals surface area contributed by atoms with Gasteiger partial charge in [0.05, 0.1) is 6.20 Å². The molecule has 0 saturated carbocycles. The lowest BCUT2D eigenvalue weighted by atomic mass is 10.3. The van der Waals surface area contributed by atoms with Crippen LogP contribution in [-0.2, 0) is 11.2 Å². The van der Waals surface area contributed by atoms with Crippen LogP contribution in [0.2, 0.25) is 0 Å². The molecule has 5 nitrogen and oxygen atoms in total. The van der Waals surface area contributed by atoms with Crippen LogP contribution in [0, 0.1) is 6.92 Å². The molecule has 1 N–H and O–H groups in total. The number of rotatable bonds is 2. The fourth-order valence-corrected chi connectivity index (χ4v) is 1.82. The number of aromatic nitrogens is 1. The van der Waals surface area contributed by atoms with Crippen LogP contribution in [-0.4, -0.2) is 42.0 Å². The summed E-state index contributed by atoms with van der Waals surface area (Å²) in [5, 5.41) is 3.27. The summed E-state index contributed by atoms with van der Waals surface area (Å²) < 4.78 is 5.30. The maximum atomic E-state index is 11.9. The zero-order valence-electron chi connectivity index (χ0n) is 9.53. The van der Waals surface area contributed by atoms with Gasteiger partial charge in [-0.2, -0.15) is 0 Å². The maximum absolute atomic E-state index is 11.9. The lowest BCUT2D eigenvalue weighted by Crippen LogP contribution is -2.35. The van der Waals surface area contributed by atoms with Crippen LogP contribution < -0.4 is 5.32 Å². The number of carbonyl (C=O) groups is 1. The van der Waals surface area contributed by atoms with E-state index in [1.165, 1.54) is 0 Å². The van der Waals surface area contributed by atoms with Crippen LogP contribution in [0.25, 0.3) is 0 Å². The van der Waals surface area contributed by atoms with Gasteiger partial charge in [-0.3, -0.25) is 4.79 Å². The van der Waals surface area contributed by atoms with Crippen molar-refractivity contribution in [3.05, 3.63) is 17.8 Å². The van der Waals surface area contributed by atoms with Crippen LogP contribution in [0.4, 0.5) is 0 Å². The third kappa shape index (κ3) is 2.82. The van der Waals surface area contributed by atoms with E-state index in [2.05, 4.69) is 10.3 Å². The second-order valence-electron chi connectivity index (χ2n) is 4.03. The molecule has 0 spiro atoms. The molecule has 1 aliphatic heterocycles. The summed E-state index contributed by atoms with van der Waals surface area (Å²) >= 11 is 0. The third-order valence-electron chi connectivity index (χ3n) is 2.66. The third-order valence-corrected chi connectivity index (χ3v) is 2.66. The molecule has 1 saturated heterocycles. The van der Waals surface area contributed by atoms with Crippen LogP contribution in [0.3, 0.4) is 0 Å². The van der Waals surface area contributed by atoms with E-state index in [0.29, 0.717) is 5.89 Å². The Balaban J connectivity index is 1.91. The number of hydrogen-bond donors (Lipinski definition) is 1. The van der Waals surface area contributed by atoms with Crippen molar-refractivity contribution in [2.45, 2.75) is 19.8 Å². The molecule has 0 aliphatic carbocycles. The van der Waals surface area contributed by atoms with Gasteiger partial charge in [-0.25, -0.2) is 4.98 Å². The SMILES string of the molecule is Cc1cnc(CC(=O)N2CCCNCC2)o1. The molecule has 5 heteroatoms. The van der Waals surface area contributed by atoms with Crippen LogP contribution >= 0.6 is 0 Å². The second-order valence-corrected chi connectivity index (χ2v) is 4.03. The summed E-state index contributed by atoms with van der Waals surface area (Å²) in [4.78, 5) is 17.8. The lowest BCUT2D eigenvalue weighted by molar-refractivity contribution is -0.130. The number of carbonyl (C=O) groups excluding carboxylic acids is 1. The Morgan fingerprint density at radius 3 is 3.19 bits per heavy atom.